The van der Waals surface area contributed by atoms with Gasteiger partial charge in [-0.05, 0) is 31.7 Å². The monoisotopic (exact) mass is 281 g/mol. The molecule has 4 nitrogen and oxygen atoms in total. The molecule has 1 aliphatic rings. The molecule has 5 heteroatoms. The van der Waals surface area contributed by atoms with Crippen LogP contribution in [0.4, 0.5) is 0 Å². The molecule has 1 saturated heterocycles. The molecular weight excluding hydrogens is 262 g/mol. The highest BCUT2D eigenvalue weighted by Crippen LogP contribution is 2.26. The quantitative estimate of drug-likeness (QED) is 0.906. The van der Waals surface area contributed by atoms with Crippen molar-refractivity contribution >= 4 is 23.2 Å². The molecule has 1 aromatic rings. The zero-order valence-electron chi connectivity index (χ0n) is 11.5. The van der Waals surface area contributed by atoms with Crippen LogP contribution >= 0.6 is 11.3 Å². The Kier molecular flexibility index (Phi) is 3.94. The number of aliphatic carboxylic acids is 1. The van der Waals surface area contributed by atoms with Crippen molar-refractivity contribution in [3.05, 3.63) is 21.4 Å². The van der Waals surface area contributed by atoms with E-state index in [1.54, 1.807) is 16.2 Å². The number of carbonyl (C=O) groups excluding carboxylic acids is 1. The van der Waals surface area contributed by atoms with Gasteiger partial charge in [0.25, 0.3) is 5.91 Å². The van der Waals surface area contributed by atoms with Gasteiger partial charge in [0.2, 0.25) is 0 Å². The van der Waals surface area contributed by atoms with Gasteiger partial charge in [0, 0.05) is 23.3 Å². The zero-order valence-corrected chi connectivity index (χ0v) is 12.3. The van der Waals surface area contributed by atoms with Gasteiger partial charge in [0.15, 0.2) is 0 Å². The van der Waals surface area contributed by atoms with E-state index in [1.165, 1.54) is 0 Å². The highest BCUT2D eigenvalue weighted by Gasteiger charge is 2.32. The van der Waals surface area contributed by atoms with Crippen LogP contribution in [0.25, 0.3) is 0 Å². The number of nitrogens with zero attached hydrogens (tertiary/aromatic N) is 1. The molecule has 2 atom stereocenters. The molecule has 1 aliphatic heterocycles. The van der Waals surface area contributed by atoms with E-state index >= 15 is 0 Å². The maximum absolute atomic E-state index is 12.5. The van der Waals surface area contributed by atoms with E-state index in [2.05, 4.69) is 0 Å². The largest absolute Gasteiger partial charge is 0.481 e. The fraction of sp³-hybridized carbons (Fsp3) is 0.571. The van der Waals surface area contributed by atoms with Gasteiger partial charge in [-0.1, -0.05) is 6.92 Å². The van der Waals surface area contributed by atoms with Crippen LogP contribution in [-0.2, 0) is 4.79 Å². The third-order valence-corrected chi connectivity index (χ3v) is 4.83. The van der Waals surface area contributed by atoms with Gasteiger partial charge < -0.3 is 10.0 Å². The molecule has 1 fully saturated rings. The van der Waals surface area contributed by atoms with Crippen molar-refractivity contribution in [2.45, 2.75) is 27.2 Å². The fourth-order valence-corrected chi connectivity index (χ4v) is 3.45. The molecule has 0 saturated carbocycles. The number of piperidine rings is 1. The van der Waals surface area contributed by atoms with Crippen LogP contribution in [0.3, 0.4) is 0 Å². The Morgan fingerprint density at radius 3 is 2.58 bits per heavy atom. The van der Waals surface area contributed by atoms with Gasteiger partial charge in [-0.3, -0.25) is 9.59 Å². The zero-order chi connectivity index (χ0) is 14.2. The molecule has 0 aromatic carbocycles. The van der Waals surface area contributed by atoms with Gasteiger partial charge in [0.1, 0.15) is 0 Å². The van der Waals surface area contributed by atoms with Crippen LogP contribution in [0, 0.1) is 25.7 Å². The van der Waals surface area contributed by atoms with E-state index in [0.29, 0.717) is 19.5 Å². The van der Waals surface area contributed by atoms with Gasteiger partial charge in [-0.2, -0.15) is 0 Å². The summed E-state index contributed by atoms with van der Waals surface area (Å²) in [6, 6.07) is 0. The van der Waals surface area contributed by atoms with Crippen molar-refractivity contribution in [2.24, 2.45) is 11.8 Å². The molecule has 0 bridgehead atoms. The third kappa shape index (κ3) is 2.81. The number of thiophene rings is 1. The summed E-state index contributed by atoms with van der Waals surface area (Å²) in [5.74, 6) is -1.03. The lowest BCUT2D eigenvalue weighted by atomic mass is 9.90. The molecule has 1 N–H and O–H groups in total. The molecule has 0 aliphatic carbocycles. The van der Waals surface area contributed by atoms with Gasteiger partial charge in [0.05, 0.1) is 11.5 Å². The Bertz CT molecular complexity index is 509. The average molecular weight is 281 g/mol. The first kappa shape index (κ1) is 14.1. The molecule has 2 heterocycles. The van der Waals surface area contributed by atoms with Crippen LogP contribution in [0.1, 0.15) is 34.1 Å². The average Bonchev–Trinajstić information content (AvgIpc) is 2.68. The first-order chi connectivity index (χ1) is 8.90. The van der Waals surface area contributed by atoms with E-state index in [4.69, 9.17) is 5.11 Å². The number of aryl methyl sites for hydroxylation is 1. The number of carboxylic acids is 1. The van der Waals surface area contributed by atoms with Crippen molar-refractivity contribution in [3.63, 3.8) is 0 Å². The number of amides is 1. The summed E-state index contributed by atoms with van der Waals surface area (Å²) in [5, 5.41) is 11.0. The first-order valence-corrected chi connectivity index (χ1v) is 7.35. The lowest BCUT2D eigenvalue weighted by molar-refractivity contribution is -0.143. The Balaban J connectivity index is 2.19. The van der Waals surface area contributed by atoms with E-state index < -0.39 is 11.9 Å². The van der Waals surface area contributed by atoms with Crippen LogP contribution in [0.2, 0.25) is 0 Å². The van der Waals surface area contributed by atoms with Crippen LogP contribution in [-0.4, -0.2) is 35.0 Å². The normalized spacial score (nSPS) is 23.4. The lowest BCUT2D eigenvalue weighted by Crippen LogP contribution is -2.45. The number of carboxylic acid groups (broad SMARTS) is 1. The topological polar surface area (TPSA) is 57.6 Å². The van der Waals surface area contributed by atoms with E-state index in [0.717, 1.165) is 16.0 Å². The summed E-state index contributed by atoms with van der Waals surface area (Å²) < 4.78 is 0. The Morgan fingerprint density at radius 2 is 2.05 bits per heavy atom. The SMILES string of the molecule is Cc1scc(C(=O)N2CC(C)CC(C(=O)O)C2)c1C. The number of hydrogen-bond acceptors (Lipinski definition) is 3. The molecule has 0 spiro atoms. The first-order valence-electron chi connectivity index (χ1n) is 6.47. The molecular formula is C14H19NO3S. The fourth-order valence-electron chi connectivity index (χ4n) is 2.59. The number of carbonyl (C=O) groups is 2. The van der Waals surface area contributed by atoms with Crippen molar-refractivity contribution in [2.75, 3.05) is 13.1 Å². The highest BCUT2D eigenvalue weighted by molar-refractivity contribution is 7.10. The Labute approximate surface area is 117 Å². The standard InChI is InChI=1S/C14H19NO3S/c1-8-4-11(14(17)18)6-15(5-8)13(16)12-7-19-10(3)9(12)2/h7-8,11H,4-6H2,1-3H3,(H,17,18). The van der Waals surface area contributed by atoms with Crippen LogP contribution in [0.15, 0.2) is 5.38 Å². The van der Waals surface area contributed by atoms with Crippen molar-refractivity contribution in [1.29, 1.82) is 0 Å². The van der Waals surface area contributed by atoms with Crippen molar-refractivity contribution < 1.29 is 14.7 Å². The number of likely N-dealkylation sites (tertiary alicyclic amines) is 1. The second-order valence-corrected chi connectivity index (χ2v) is 6.50. The molecule has 2 rings (SSSR count). The summed E-state index contributed by atoms with van der Waals surface area (Å²) in [6.45, 7) is 6.92. The Hall–Kier alpha value is -1.36. The molecule has 0 radical (unpaired) electrons. The third-order valence-electron chi connectivity index (χ3n) is 3.81. The summed E-state index contributed by atoms with van der Waals surface area (Å²) in [5.41, 5.74) is 1.74. The van der Waals surface area contributed by atoms with Gasteiger partial charge in [-0.15, -0.1) is 11.3 Å². The summed E-state index contributed by atoms with van der Waals surface area (Å²) >= 11 is 1.57. The lowest BCUT2D eigenvalue weighted by Gasteiger charge is -2.34. The minimum Gasteiger partial charge on any atom is -0.481 e. The molecule has 1 aromatic heterocycles. The minimum absolute atomic E-state index is 0.0281. The minimum atomic E-state index is -0.803. The maximum Gasteiger partial charge on any atom is 0.308 e. The molecule has 19 heavy (non-hydrogen) atoms. The predicted molar refractivity (Wildman–Crippen MR) is 74.6 cm³/mol. The summed E-state index contributed by atoms with van der Waals surface area (Å²) in [4.78, 5) is 26.5. The van der Waals surface area contributed by atoms with E-state index in [-0.39, 0.29) is 11.8 Å². The van der Waals surface area contributed by atoms with E-state index in [9.17, 15) is 9.59 Å². The molecule has 104 valence electrons. The second-order valence-electron chi connectivity index (χ2n) is 5.42. The van der Waals surface area contributed by atoms with Crippen LogP contribution < -0.4 is 0 Å². The highest BCUT2D eigenvalue weighted by atomic mass is 32.1. The number of hydrogen-bond donors (Lipinski definition) is 1. The Morgan fingerprint density at radius 1 is 1.37 bits per heavy atom. The second kappa shape index (κ2) is 5.33. The van der Waals surface area contributed by atoms with Crippen molar-refractivity contribution in [3.8, 4) is 0 Å². The van der Waals surface area contributed by atoms with E-state index in [1.807, 2.05) is 26.2 Å². The number of rotatable bonds is 2. The van der Waals surface area contributed by atoms with Crippen molar-refractivity contribution in [1.82, 2.24) is 4.90 Å². The van der Waals surface area contributed by atoms with Gasteiger partial charge in [-0.25, -0.2) is 0 Å². The molecule has 2 unspecified atom stereocenters. The maximum atomic E-state index is 12.5. The summed E-state index contributed by atoms with van der Waals surface area (Å²) in [7, 11) is 0. The van der Waals surface area contributed by atoms with Crippen LogP contribution in [0.5, 0.6) is 0 Å². The summed E-state index contributed by atoms with van der Waals surface area (Å²) in [6.07, 6.45) is 0.654. The molecule has 1 amide bonds. The van der Waals surface area contributed by atoms with Gasteiger partial charge >= 0.3 is 5.97 Å². The smallest absolute Gasteiger partial charge is 0.308 e. The predicted octanol–water partition coefficient (Wildman–Crippen LogP) is 2.55.